The van der Waals surface area contributed by atoms with Crippen LogP contribution >= 0.6 is 12.2 Å². The van der Waals surface area contributed by atoms with Gasteiger partial charge in [-0.2, -0.15) is 4.98 Å². The molecule has 0 fully saturated rings. The minimum atomic E-state index is -0.353. The van der Waals surface area contributed by atoms with E-state index in [2.05, 4.69) is 27.3 Å². The maximum absolute atomic E-state index is 13.7. The lowest BCUT2D eigenvalue weighted by atomic mass is 9.94. The number of rotatable bonds is 7. The molecule has 6 nitrogen and oxygen atoms in total. The van der Waals surface area contributed by atoms with Crippen LogP contribution in [0.2, 0.25) is 0 Å². The zero-order valence-electron chi connectivity index (χ0n) is 18.3. The van der Waals surface area contributed by atoms with Gasteiger partial charge in [0.1, 0.15) is 11.6 Å². The maximum Gasteiger partial charge on any atom is 0.258 e. The summed E-state index contributed by atoms with van der Waals surface area (Å²) >= 11 is 5.70. The smallest absolute Gasteiger partial charge is 0.258 e. The highest BCUT2D eigenvalue weighted by Crippen LogP contribution is 2.38. The number of nitrogens with zero attached hydrogens (tertiary/aromatic N) is 3. The van der Waals surface area contributed by atoms with Gasteiger partial charge in [-0.25, -0.2) is 4.39 Å². The van der Waals surface area contributed by atoms with E-state index in [9.17, 15) is 4.39 Å². The first-order chi connectivity index (χ1) is 15.5. The monoisotopic (exact) mass is 452 g/mol. The summed E-state index contributed by atoms with van der Waals surface area (Å²) in [5.41, 5.74) is 3.29. The Labute approximate surface area is 192 Å². The second kappa shape index (κ2) is 9.48. The molecule has 32 heavy (non-hydrogen) atoms. The molecule has 1 aliphatic rings. The predicted molar refractivity (Wildman–Crippen MR) is 125 cm³/mol. The molecule has 1 aliphatic heterocycles. The van der Waals surface area contributed by atoms with Crippen LogP contribution in [0.5, 0.6) is 5.75 Å². The molecule has 4 rings (SSSR count). The van der Waals surface area contributed by atoms with Crippen LogP contribution in [0.1, 0.15) is 44.2 Å². The molecule has 1 aromatic heterocycles. The lowest BCUT2D eigenvalue weighted by molar-refractivity contribution is 0.395. The molecule has 2 aromatic carbocycles. The highest BCUT2D eigenvalue weighted by atomic mass is 32.1. The van der Waals surface area contributed by atoms with Crippen LogP contribution in [0.4, 0.5) is 4.39 Å². The molecule has 1 unspecified atom stereocenters. The van der Waals surface area contributed by atoms with Crippen molar-refractivity contribution in [3.05, 3.63) is 71.5 Å². The van der Waals surface area contributed by atoms with Gasteiger partial charge in [0.15, 0.2) is 5.11 Å². The van der Waals surface area contributed by atoms with E-state index in [-0.39, 0.29) is 11.9 Å². The fourth-order valence-corrected chi connectivity index (χ4v) is 4.14. The van der Waals surface area contributed by atoms with Gasteiger partial charge in [0.05, 0.1) is 18.7 Å². The quantitative estimate of drug-likeness (QED) is 0.485. The van der Waals surface area contributed by atoms with E-state index in [1.54, 1.807) is 19.2 Å². The predicted octanol–water partition coefficient (Wildman–Crippen LogP) is 5.35. The average molecular weight is 453 g/mol. The molecule has 0 bridgehead atoms. The minimum absolute atomic E-state index is 0.295. The second-order valence-corrected chi connectivity index (χ2v) is 7.98. The largest absolute Gasteiger partial charge is 0.497 e. The highest BCUT2D eigenvalue weighted by Gasteiger charge is 2.34. The van der Waals surface area contributed by atoms with E-state index >= 15 is 0 Å². The van der Waals surface area contributed by atoms with Crippen molar-refractivity contribution in [2.75, 3.05) is 13.7 Å². The van der Waals surface area contributed by atoms with Gasteiger partial charge >= 0.3 is 0 Å². The van der Waals surface area contributed by atoms with Crippen LogP contribution in [0, 0.1) is 5.82 Å². The van der Waals surface area contributed by atoms with E-state index in [0.29, 0.717) is 22.4 Å². The first kappa shape index (κ1) is 22.0. The SMILES string of the molecule is CCCCN1C(=S)NC(c2cccc(OC)c2)C(c2nc(-c3cccc(F)c3)no2)=C1C. The number of hydrogen-bond donors (Lipinski definition) is 1. The van der Waals surface area contributed by atoms with Crippen molar-refractivity contribution in [2.45, 2.75) is 32.7 Å². The molecule has 1 atom stereocenters. The summed E-state index contributed by atoms with van der Waals surface area (Å²) in [4.78, 5) is 6.68. The van der Waals surface area contributed by atoms with Crippen molar-refractivity contribution in [1.29, 1.82) is 0 Å². The van der Waals surface area contributed by atoms with Gasteiger partial charge in [0, 0.05) is 17.8 Å². The average Bonchev–Trinajstić information content (AvgIpc) is 3.28. The molecule has 0 spiro atoms. The van der Waals surface area contributed by atoms with Crippen LogP contribution < -0.4 is 10.1 Å². The third kappa shape index (κ3) is 4.36. The fraction of sp³-hybridized carbons (Fsp3) is 0.292. The summed E-state index contributed by atoms with van der Waals surface area (Å²) in [6.07, 6.45) is 2.04. The van der Waals surface area contributed by atoms with Crippen molar-refractivity contribution in [1.82, 2.24) is 20.4 Å². The van der Waals surface area contributed by atoms with E-state index in [1.165, 1.54) is 12.1 Å². The number of methoxy groups -OCH3 is 1. The Morgan fingerprint density at radius 2 is 2.03 bits per heavy atom. The minimum Gasteiger partial charge on any atom is -0.497 e. The van der Waals surface area contributed by atoms with Gasteiger partial charge in [-0.15, -0.1) is 0 Å². The van der Waals surface area contributed by atoms with E-state index < -0.39 is 0 Å². The molecular formula is C24H25FN4O2S. The summed E-state index contributed by atoms with van der Waals surface area (Å²) < 4.78 is 24.8. The third-order valence-electron chi connectivity index (χ3n) is 5.50. The van der Waals surface area contributed by atoms with E-state index in [1.807, 2.05) is 31.2 Å². The van der Waals surface area contributed by atoms with Crippen molar-refractivity contribution < 1.29 is 13.7 Å². The first-order valence-electron chi connectivity index (χ1n) is 10.5. The van der Waals surface area contributed by atoms with Gasteiger partial charge in [0.2, 0.25) is 5.82 Å². The lowest BCUT2D eigenvalue weighted by Gasteiger charge is -2.37. The normalized spacial score (nSPS) is 16.3. The molecule has 0 saturated carbocycles. The Bertz CT molecular complexity index is 1160. The van der Waals surface area contributed by atoms with Crippen molar-refractivity contribution in [2.24, 2.45) is 0 Å². The summed E-state index contributed by atoms with van der Waals surface area (Å²) in [5, 5.41) is 8.20. The Morgan fingerprint density at radius 1 is 1.22 bits per heavy atom. The van der Waals surface area contributed by atoms with Crippen LogP contribution in [-0.4, -0.2) is 33.8 Å². The standard InChI is InChI=1S/C24H25FN4O2S/c1-4-5-12-29-15(2)20(21(26-24(29)32)16-8-7-11-19(14-16)30-3)23-27-22(28-31-23)17-9-6-10-18(25)13-17/h6-11,13-14,21H,4-5,12H2,1-3H3,(H,26,32). The summed E-state index contributed by atoms with van der Waals surface area (Å²) in [6, 6.07) is 13.6. The Morgan fingerprint density at radius 3 is 2.78 bits per heavy atom. The van der Waals surface area contributed by atoms with Crippen LogP contribution in [0.3, 0.4) is 0 Å². The summed E-state index contributed by atoms with van der Waals surface area (Å²) in [5.74, 6) is 1.09. The van der Waals surface area contributed by atoms with Crippen LogP contribution in [0.25, 0.3) is 17.0 Å². The van der Waals surface area contributed by atoms with Crippen LogP contribution in [0.15, 0.2) is 58.8 Å². The van der Waals surface area contributed by atoms with Crippen molar-refractivity contribution in [3.63, 3.8) is 0 Å². The molecular weight excluding hydrogens is 427 g/mol. The van der Waals surface area contributed by atoms with Gasteiger partial charge in [-0.1, -0.05) is 42.8 Å². The number of allylic oxidation sites excluding steroid dienone is 1. The number of hydrogen-bond acceptors (Lipinski definition) is 5. The van der Waals surface area contributed by atoms with E-state index in [0.717, 1.165) is 42.0 Å². The van der Waals surface area contributed by atoms with Crippen molar-refractivity contribution >= 4 is 22.9 Å². The molecule has 0 aliphatic carbocycles. The fourth-order valence-electron chi connectivity index (χ4n) is 3.79. The topological polar surface area (TPSA) is 63.4 Å². The molecule has 2 heterocycles. The summed E-state index contributed by atoms with van der Waals surface area (Å²) in [6.45, 7) is 4.94. The molecule has 8 heteroatoms. The molecule has 3 aromatic rings. The number of aromatic nitrogens is 2. The zero-order chi connectivity index (χ0) is 22.7. The van der Waals surface area contributed by atoms with Gasteiger partial charge in [-0.05, 0) is 55.4 Å². The van der Waals surface area contributed by atoms with Gasteiger partial charge in [-0.3, -0.25) is 0 Å². The first-order valence-corrected chi connectivity index (χ1v) is 11.0. The molecule has 0 saturated heterocycles. The Kier molecular flexibility index (Phi) is 6.50. The van der Waals surface area contributed by atoms with Crippen LogP contribution in [-0.2, 0) is 0 Å². The molecule has 1 N–H and O–H groups in total. The summed E-state index contributed by atoms with van der Waals surface area (Å²) in [7, 11) is 1.63. The Hall–Kier alpha value is -3.26. The maximum atomic E-state index is 13.7. The number of ether oxygens (including phenoxy) is 1. The number of unbranched alkanes of at least 4 members (excludes halogenated alkanes) is 1. The number of thiocarbonyl (C=S) groups is 1. The second-order valence-electron chi connectivity index (χ2n) is 7.60. The molecule has 0 amide bonds. The molecule has 0 radical (unpaired) electrons. The highest BCUT2D eigenvalue weighted by molar-refractivity contribution is 7.80. The van der Waals surface area contributed by atoms with E-state index in [4.69, 9.17) is 21.5 Å². The number of benzene rings is 2. The lowest BCUT2D eigenvalue weighted by Crippen LogP contribution is -2.46. The van der Waals surface area contributed by atoms with Gasteiger partial charge in [0.25, 0.3) is 5.89 Å². The zero-order valence-corrected chi connectivity index (χ0v) is 19.1. The molecule has 166 valence electrons. The Balaban J connectivity index is 1.81. The third-order valence-corrected chi connectivity index (χ3v) is 5.84. The number of halogens is 1. The van der Waals surface area contributed by atoms with Crippen molar-refractivity contribution in [3.8, 4) is 17.1 Å². The van der Waals surface area contributed by atoms with Gasteiger partial charge < -0.3 is 19.5 Å². The number of nitrogens with one attached hydrogen (secondary N) is 1.